The summed E-state index contributed by atoms with van der Waals surface area (Å²) in [6.45, 7) is 0.521. The van der Waals surface area contributed by atoms with Crippen LogP contribution < -0.4 is 5.69 Å². The summed E-state index contributed by atoms with van der Waals surface area (Å²) in [6.07, 6.45) is 4.92. The number of H-pyrrole nitrogens is 1. The SMILES string of the molecule is Cl.O=c1[nH]ncn1Cc1ccc(-c2ccn3ncnc3c2)s1. The van der Waals surface area contributed by atoms with Gasteiger partial charge in [0, 0.05) is 16.0 Å². The maximum Gasteiger partial charge on any atom is 0.343 e. The Labute approximate surface area is 134 Å². The van der Waals surface area contributed by atoms with Crippen LogP contribution in [0.25, 0.3) is 16.1 Å². The molecule has 0 fully saturated rings. The molecule has 0 unspecified atom stereocenters. The van der Waals surface area contributed by atoms with E-state index in [1.165, 1.54) is 17.2 Å². The summed E-state index contributed by atoms with van der Waals surface area (Å²) >= 11 is 1.65. The van der Waals surface area contributed by atoms with Gasteiger partial charge < -0.3 is 0 Å². The molecule has 1 N–H and O–H groups in total. The molecule has 7 nitrogen and oxygen atoms in total. The number of aromatic nitrogens is 6. The molecule has 0 saturated carbocycles. The second kappa shape index (κ2) is 5.74. The molecule has 0 amide bonds. The highest BCUT2D eigenvalue weighted by atomic mass is 35.5. The Kier molecular flexibility index (Phi) is 3.78. The molecular formula is C13H11ClN6OS. The first-order chi connectivity index (χ1) is 10.3. The van der Waals surface area contributed by atoms with E-state index in [-0.39, 0.29) is 18.1 Å². The van der Waals surface area contributed by atoms with Gasteiger partial charge >= 0.3 is 5.69 Å². The van der Waals surface area contributed by atoms with Crippen molar-refractivity contribution in [3.05, 3.63) is 58.5 Å². The molecule has 4 aromatic heterocycles. The van der Waals surface area contributed by atoms with Gasteiger partial charge in [-0.15, -0.1) is 23.7 Å². The fourth-order valence-electron chi connectivity index (χ4n) is 2.14. The summed E-state index contributed by atoms with van der Waals surface area (Å²) in [4.78, 5) is 17.9. The third-order valence-corrected chi connectivity index (χ3v) is 4.29. The second-order valence-electron chi connectivity index (χ2n) is 4.53. The smallest absolute Gasteiger partial charge is 0.276 e. The predicted molar refractivity (Wildman–Crippen MR) is 85.5 cm³/mol. The normalized spacial score (nSPS) is 10.7. The molecule has 4 aromatic rings. The number of hydrogen-bond donors (Lipinski definition) is 1. The van der Waals surface area contributed by atoms with Crippen molar-refractivity contribution in [2.24, 2.45) is 0 Å². The third-order valence-electron chi connectivity index (χ3n) is 3.17. The largest absolute Gasteiger partial charge is 0.343 e. The molecular weight excluding hydrogens is 324 g/mol. The van der Waals surface area contributed by atoms with E-state index >= 15 is 0 Å². The third kappa shape index (κ3) is 2.53. The lowest BCUT2D eigenvalue weighted by atomic mass is 10.2. The summed E-state index contributed by atoms with van der Waals surface area (Å²) in [5, 5.41) is 10.2. The van der Waals surface area contributed by atoms with E-state index in [1.54, 1.807) is 15.9 Å². The predicted octanol–water partition coefficient (Wildman–Crippen LogP) is 1.81. The van der Waals surface area contributed by atoms with Crippen LogP contribution in [0, 0.1) is 0 Å². The highest BCUT2D eigenvalue weighted by molar-refractivity contribution is 7.15. The number of aromatic amines is 1. The van der Waals surface area contributed by atoms with Crippen LogP contribution in [-0.4, -0.2) is 29.4 Å². The Morgan fingerprint density at radius 2 is 2.18 bits per heavy atom. The van der Waals surface area contributed by atoms with Gasteiger partial charge in [0.25, 0.3) is 0 Å². The average Bonchev–Trinajstić information content (AvgIpc) is 3.20. The number of rotatable bonds is 3. The zero-order valence-corrected chi connectivity index (χ0v) is 12.8. The van der Waals surface area contributed by atoms with Gasteiger partial charge in [-0.2, -0.15) is 10.2 Å². The minimum Gasteiger partial charge on any atom is -0.276 e. The molecule has 0 spiro atoms. The van der Waals surface area contributed by atoms with Crippen molar-refractivity contribution >= 4 is 29.4 Å². The van der Waals surface area contributed by atoms with Gasteiger partial charge in [-0.25, -0.2) is 19.4 Å². The second-order valence-corrected chi connectivity index (χ2v) is 5.70. The summed E-state index contributed by atoms with van der Waals surface area (Å²) < 4.78 is 3.26. The summed E-state index contributed by atoms with van der Waals surface area (Å²) in [5.41, 5.74) is 1.70. The minimum atomic E-state index is -0.199. The van der Waals surface area contributed by atoms with Crippen LogP contribution in [0.4, 0.5) is 0 Å². The van der Waals surface area contributed by atoms with Crippen LogP contribution in [0.5, 0.6) is 0 Å². The fourth-order valence-corrected chi connectivity index (χ4v) is 3.14. The molecule has 0 aromatic carbocycles. The quantitative estimate of drug-likeness (QED) is 0.619. The number of hydrogen-bond acceptors (Lipinski definition) is 5. The number of fused-ring (bicyclic) bond motifs is 1. The number of pyridine rings is 1. The van der Waals surface area contributed by atoms with E-state index in [1.807, 2.05) is 30.5 Å². The summed E-state index contributed by atoms with van der Waals surface area (Å²) in [6, 6.07) is 8.06. The van der Waals surface area contributed by atoms with Crippen molar-refractivity contribution in [2.75, 3.05) is 0 Å². The Hall–Kier alpha value is -2.45. The standard InChI is InChI=1S/C13H10N6OS.ClH/c20-13-17-15-8-18(13)6-10-1-2-11(21-10)9-3-4-19-12(5-9)14-7-16-19;/h1-5,7-8H,6H2,(H,17,20);1H. The fraction of sp³-hybridized carbons (Fsp3) is 0.0769. The summed E-state index contributed by atoms with van der Waals surface area (Å²) in [7, 11) is 0. The first kappa shape index (κ1) is 14.5. The lowest BCUT2D eigenvalue weighted by Gasteiger charge is -1.98. The van der Waals surface area contributed by atoms with Crippen LogP contribution in [0.15, 0.2) is 47.9 Å². The van der Waals surface area contributed by atoms with Gasteiger partial charge in [0.05, 0.1) is 6.54 Å². The van der Waals surface area contributed by atoms with Crippen LogP contribution >= 0.6 is 23.7 Å². The van der Waals surface area contributed by atoms with Gasteiger partial charge in [-0.05, 0) is 29.8 Å². The van der Waals surface area contributed by atoms with Crippen molar-refractivity contribution < 1.29 is 0 Å². The first-order valence-electron chi connectivity index (χ1n) is 6.28. The lowest BCUT2D eigenvalue weighted by Crippen LogP contribution is -2.16. The Morgan fingerprint density at radius 1 is 1.27 bits per heavy atom. The van der Waals surface area contributed by atoms with Gasteiger partial charge in [0.2, 0.25) is 0 Å². The lowest BCUT2D eigenvalue weighted by molar-refractivity contribution is 0.772. The monoisotopic (exact) mass is 334 g/mol. The van der Waals surface area contributed by atoms with E-state index in [0.29, 0.717) is 6.54 Å². The zero-order valence-electron chi connectivity index (χ0n) is 11.2. The van der Waals surface area contributed by atoms with E-state index < -0.39 is 0 Å². The van der Waals surface area contributed by atoms with E-state index in [2.05, 4.69) is 20.3 Å². The molecule has 0 saturated heterocycles. The minimum absolute atomic E-state index is 0. The zero-order chi connectivity index (χ0) is 14.2. The molecule has 0 aliphatic heterocycles. The molecule has 9 heteroatoms. The van der Waals surface area contributed by atoms with Crippen LogP contribution in [0.1, 0.15) is 4.88 Å². The van der Waals surface area contributed by atoms with Crippen LogP contribution in [0.3, 0.4) is 0 Å². The molecule has 4 rings (SSSR count). The molecule has 0 atom stereocenters. The van der Waals surface area contributed by atoms with Crippen LogP contribution in [-0.2, 0) is 6.54 Å². The van der Waals surface area contributed by atoms with Crippen molar-refractivity contribution in [3.63, 3.8) is 0 Å². The highest BCUT2D eigenvalue weighted by Crippen LogP contribution is 2.28. The molecule has 0 bridgehead atoms. The maximum atomic E-state index is 11.4. The number of nitrogens with one attached hydrogen (secondary N) is 1. The van der Waals surface area contributed by atoms with Crippen molar-refractivity contribution in [3.8, 4) is 10.4 Å². The molecule has 0 aliphatic rings. The Balaban J connectivity index is 0.00000144. The topological polar surface area (TPSA) is 80.9 Å². The van der Waals surface area contributed by atoms with Gasteiger partial charge in [0.15, 0.2) is 5.65 Å². The van der Waals surface area contributed by atoms with E-state index in [4.69, 9.17) is 0 Å². The maximum absolute atomic E-state index is 11.4. The first-order valence-corrected chi connectivity index (χ1v) is 7.09. The molecule has 0 radical (unpaired) electrons. The molecule has 4 heterocycles. The number of halogens is 1. The van der Waals surface area contributed by atoms with E-state index in [9.17, 15) is 4.79 Å². The van der Waals surface area contributed by atoms with Gasteiger partial charge in [0.1, 0.15) is 12.7 Å². The molecule has 0 aliphatic carbocycles. The van der Waals surface area contributed by atoms with Crippen molar-refractivity contribution in [1.29, 1.82) is 0 Å². The van der Waals surface area contributed by atoms with Gasteiger partial charge in [-0.1, -0.05) is 0 Å². The Bertz CT molecular complexity index is 968. The molecule has 22 heavy (non-hydrogen) atoms. The van der Waals surface area contributed by atoms with Crippen molar-refractivity contribution in [1.82, 2.24) is 29.4 Å². The average molecular weight is 335 g/mol. The number of nitrogens with zero attached hydrogens (tertiary/aromatic N) is 5. The van der Waals surface area contributed by atoms with Crippen LogP contribution in [0.2, 0.25) is 0 Å². The van der Waals surface area contributed by atoms with E-state index in [0.717, 1.165) is 21.0 Å². The molecule has 112 valence electrons. The number of thiophene rings is 1. The highest BCUT2D eigenvalue weighted by Gasteiger charge is 2.06. The van der Waals surface area contributed by atoms with Gasteiger partial charge in [-0.3, -0.25) is 4.57 Å². The van der Waals surface area contributed by atoms with Crippen molar-refractivity contribution in [2.45, 2.75) is 6.54 Å². The Morgan fingerprint density at radius 3 is 3.00 bits per heavy atom. The summed E-state index contributed by atoms with van der Waals surface area (Å²) in [5.74, 6) is 0.